The molecule has 0 heterocycles. The van der Waals surface area contributed by atoms with Gasteiger partial charge >= 0.3 is 0 Å². The van der Waals surface area contributed by atoms with Crippen molar-refractivity contribution in [2.75, 3.05) is 4.43 Å². The molecule has 0 aliphatic heterocycles. The average molecular weight is 392 g/mol. The topological polar surface area (TPSA) is 34.1 Å². The second-order valence-electron chi connectivity index (χ2n) is 6.28. The van der Waals surface area contributed by atoms with Gasteiger partial charge in [-0.25, -0.2) is 0 Å². The van der Waals surface area contributed by atoms with Crippen molar-refractivity contribution in [1.29, 1.82) is 0 Å². The van der Waals surface area contributed by atoms with Gasteiger partial charge in [-0.05, 0) is 24.7 Å². The summed E-state index contributed by atoms with van der Waals surface area (Å²) in [6.45, 7) is 4.26. The molecule has 0 aromatic rings. The van der Waals surface area contributed by atoms with E-state index in [0.29, 0.717) is 29.8 Å². The number of alkyl halides is 1. The predicted molar refractivity (Wildman–Crippen MR) is 92.3 cm³/mol. The molecule has 0 bridgehead atoms. The highest BCUT2D eigenvalue weighted by Crippen LogP contribution is 2.38. The monoisotopic (exact) mass is 392 g/mol. The molecule has 2 nitrogen and oxygen atoms in total. The summed E-state index contributed by atoms with van der Waals surface area (Å²) >= 11 is 2.38. The fourth-order valence-corrected chi connectivity index (χ4v) is 4.24. The first-order chi connectivity index (χ1) is 9.60. The largest absolute Gasteiger partial charge is 0.300 e. The predicted octanol–water partition coefficient (Wildman–Crippen LogP) is 4.97. The van der Waals surface area contributed by atoms with E-state index in [9.17, 15) is 9.59 Å². The second-order valence-corrected chi connectivity index (χ2v) is 7.16. The first kappa shape index (κ1) is 18.1. The van der Waals surface area contributed by atoms with Crippen molar-refractivity contribution in [3.63, 3.8) is 0 Å². The van der Waals surface area contributed by atoms with Crippen molar-refractivity contribution >= 4 is 34.2 Å². The van der Waals surface area contributed by atoms with E-state index in [1.165, 1.54) is 25.7 Å². The number of Topliss-reactive ketones (excluding diaryl/α,β-unsaturated/α-hetero) is 2. The van der Waals surface area contributed by atoms with Crippen LogP contribution < -0.4 is 0 Å². The summed E-state index contributed by atoms with van der Waals surface area (Å²) in [5.74, 6) is 1.94. The molecule has 1 saturated carbocycles. The molecule has 3 atom stereocenters. The Morgan fingerprint density at radius 3 is 2.55 bits per heavy atom. The fourth-order valence-electron chi connectivity index (χ4n) is 3.28. The Bertz CT molecular complexity index is 314. The smallest absolute Gasteiger partial charge is 0.136 e. The van der Waals surface area contributed by atoms with Gasteiger partial charge in [0.05, 0.1) is 0 Å². The van der Waals surface area contributed by atoms with Gasteiger partial charge in [0, 0.05) is 29.6 Å². The molecule has 3 heteroatoms. The molecule has 0 radical (unpaired) electrons. The maximum Gasteiger partial charge on any atom is 0.136 e. The molecule has 20 heavy (non-hydrogen) atoms. The molecule has 1 aliphatic rings. The van der Waals surface area contributed by atoms with E-state index in [1.807, 2.05) is 0 Å². The summed E-state index contributed by atoms with van der Waals surface area (Å²) in [5, 5.41) is 0. The maximum atomic E-state index is 11.9. The SMILES string of the molecule is CCCCCCCC(=O)CC[C@H]1[C@H](CI)CC(=O)[C@@H]1C. The van der Waals surface area contributed by atoms with Crippen molar-refractivity contribution < 1.29 is 9.59 Å². The van der Waals surface area contributed by atoms with Crippen LogP contribution in [0.5, 0.6) is 0 Å². The van der Waals surface area contributed by atoms with Gasteiger partial charge in [0.1, 0.15) is 11.6 Å². The minimum absolute atomic E-state index is 0.173. The van der Waals surface area contributed by atoms with Gasteiger partial charge in [-0.1, -0.05) is 62.1 Å². The van der Waals surface area contributed by atoms with E-state index >= 15 is 0 Å². The lowest BCUT2D eigenvalue weighted by Crippen LogP contribution is -2.17. The van der Waals surface area contributed by atoms with Gasteiger partial charge in [-0.15, -0.1) is 0 Å². The van der Waals surface area contributed by atoms with Gasteiger partial charge in [-0.2, -0.15) is 0 Å². The minimum atomic E-state index is 0.173. The summed E-state index contributed by atoms with van der Waals surface area (Å²) in [6.07, 6.45) is 9.12. The molecule has 1 rings (SSSR count). The zero-order valence-corrected chi connectivity index (χ0v) is 15.2. The number of halogens is 1. The van der Waals surface area contributed by atoms with Crippen LogP contribution in [-0.2, 0) is 9.59 Å². The number of hydrogen-bond donors (Lipinski definition) is 0. The van der Waals surface area contributed by atoms with Gasteiger partial charge in [0.25, 0.3) is 0 Å². The molecule has 0 aromatic carbocycles. The summed E-state index contributed by atoms with van der Waals surface area (Å²) in [7, 11) is 0. The Kier molecular flexibility index (Phi) is 8.98. The van der Waals surface area contributed by atoms with Crippen LogP contribution in [0.25, 0.3) is 0 Å². The molecule has 0 saturated heterocycles. The fraction of sp³-hybridized carbons (Fsp3) is 0.882. The van der Waals surface area contributed by atoms with Crippen LogP contribution in [0.4, 0.5) is 0 Å². The van der Waals surface area contributed by atoms with Crippen molar-refractivity contribution in [3.8, 4) is 0 Å². The summed E-state index contributed by atoms with van der Waals surface area (Å²) in [4.78, 5) is 23.7. The zero-order chi connectivity index (χ0) is 15.0. The Hall–Kier alpha value is 0.0700. The molecule has 0 unspecified atom stereocenters. The lowest BCUT2D eigenvalue weighted by molar-refractivity contribution is -0.122. The van der Waals surface area contributed by atoms with E-state index < -0.39 is 0 Å². The van der Waals surface area contributed by atoms with Gasteiger partial charge < -0.3 is 0 Å². The van der Waals surface area contributed by atoms with Crippen LogP contribution in [0.15, 0.2) is 0 Å². The number of unbranched alkanes of at least 4 members (excludes halogenated alkanes) is 4. The van der Waals surface area contributed by atoms with Crippen molar-refractivity contribution in [3.05, 3.63) is 0 Å². The molecular weight excluding hydrogens is 363 g/mol. The standard InChI is InChI=1S/C17H29IO2/c1-3-4-5-6-7-8-15(19)9-10-16-13(2)17(20)11-14(16)12-18/h13-14,16H,3-12H2,1-2H3/t13-,14+,16-/m1/s1. The number of carbonyl (C=O) groups is 2. The van der Waals surface area contributed by atoms with Crippen LogP contribution in [0.1, 0.15) is 71.6 Å². The highest BCUT2D eigenvalue weighted by molar-refractivity contribution is 14.1. The van der Waals surface area contributed by atoms with Gasteiger partial charge in [-0.3, -0.25) is 9.59 Å². The Balaban J connectivity index is 2.21. The summed E-state index contributed by atoms with van der Waals surface area (Å²) in [6, 6.07) is 0. The van der Waals surface area contributed by atoms with Crippen LogP contribution in [0, 0.1) is 17.8 Å². The highest BCUT2D eigenvalue weighted by atomic mass is 127. The molecule has 0 aromatic heterocycles. The van der Waals surface area contributed by atoms with Crippen LogP contribution in [0.3, 0.4) is 0 Å². The molecule has 1 fully saturated rings. The third-order valence-corrected chi connectivity index (χ3v) is 5.86. The quantitative estimate of drug-likeness (QED) is 0.299. The third-order valence-electron chi connectivity index (χ3n) is 4.73. The minimum Gasteiger partial charge on any atom is -0.300 e. The Morgan fingerprint density at radius 2 is 1.90 bits per heavy atom. The number of carbonyl (C=O) groups excluding carboxylic acids is 2. The van der Waals surface area contributed by atoms with Crippen LogP contribution in [-0.4, -0.2) is 16.0 Å². The van der Waals surface area contributed by atoms with Crippen LogP contribution in [0.2, 0.25) is 0 Å². The van der Waals surface area contributed by atoms with Crippen molar-refractivity contribution in [2.24, 2.45) is 17.8 Å². The second kappa shape index (κ2) is 9.91. The number of ketones is 2. The molecular formula is C17H29IO2. The molecule has 1 aliphatic carbocycles. The van der Waals surface area contributed by atoms with E-state index in [2.05, 4.69) is 36.4 Å². The highest BCUT2D eigenvalue weighted by Gasteiger charge is 2.38. The number of rotatable bonds is 10. The van der Waals surface area contributed by atoms with Crippen molar-refractivity contribution in [2.45, 2.75) is 71.6 Å². The van der Waals surface area contributed by atoms with Gasteiger partial charge in [0.15, 0.2) is 0 Å². The van der Waals surface area contributed by atoms with E-state index in [1.54, 1.807) is 0 Å². The van der Waals surface area contributed by atoms with Gasteiger partial charge in [0.2, 0.25) is 0 Å². The molecule has 0 amide bonds. The molecule has 116 valence electrons. The molecule has 0 spiro atoms. The lowest BCUT2D eigenvalue weighted by Gasteiger charge is -2.19. The normalized spacial score (nSPS) is 26.1. The molecule has 0 N–H and O–H groups in total. The Labute approximate surface area is 137 Å². The summed E-state index contributed by atoms with van der Waals surface area (Å²) < 4.78 is 1.05. The first-order valence-corrected chi connectivity index (χ1v) is 9.73. The Morgan fingerprint density at radius 1 is 1.20 bits per heavy atom. The number of hydrogen-bond acceptors (Lipinski definition) is 2. The third kappa shape index (κ3) is 5.82. The van der Waals surface area contributed by atoms with E-state index in [4.69, 9.17) is 0 Å². The maximum absolute atomic E-state index is 11.9. The first-order valence-electron chi connectivity index (χ1n) is 8.20. The van der Waals surface area contributed by atoms with E-state index in [-0.39, 0.29) is 5.92 Å². The van der Waals surface area contributed by atoms with Crippen molar-refractivity contribution in [1.82, 2.24) is 0 Å². The average Bonchev–Trinajstić information content (AvgIpc) is 2.71. The van der Waals surface area contributed by atoms with Crippen LogP contribution >= 0.6 is 22.6 Å². The zero-order valence-electron chi connectivity index (χ0n) is 13.0. The summed E-state index contributed by atoms with van der Waals surface area (Å²) in [5.41, 5.74) is 0. The lowest BCUT2D eigenvalue weighted by atomic mass is 9.86. The van der Waals surface area contributed by atoms with E-state index in [0.717, 1.165) is 30.1 Å².